The smallest absolute Gasteiger partial charge is 0.205 e. The van der Waals surface area contributed by atoms with E-state index < -0.39 is 16.7 Å². The molecule has 2 N–H and O–H groups in total. The maximum atomic E-state index is 13.8. The van der Waals surface area contributed by atoms with E-state index in [1.165, 1.54) is 0 Å². The Morgan fingerprint density at radius 2 is 1.73 bits per heavy atom. The maximum Gasteiger partial charge on any atom is 0.205 e. The molecule has 1 aromatic heterocycles. The van der Waals surface area contributed by atoms with Crippen molar-refractivity contribution in [1.82, 2.24) is 4.98 Å². The van der Waals surface area contributed by atoms with Gasteiger partial charge in [-0.15, -0.1) is 0 Å². The van der Waals surface area contributed by atoms with Crippen molar-refractivity contribution < 1.29 is 8.95 Å². The number of pyridine rings is 1. The summed E-state index contributed by atoms with van der Waals surface area (Å²) in [4.78, 5) is 5.45. The van der Waals surface area contributed by atoms with Crippen molar-refractivity contribution in [1.29, 1.82) is 5.26 Å². The van der Waals surface area contributed by atoms with Gasteiger partial charge in [-0.2, -0.15) is 5.26 Å². The van der Waals surface area contributed by atoms with Crippen LogP contribution in [0.2, 0.25) is 0 Å². The quantitative estimate of drug-likeness (QED) is 0.686. The van der Waals surface area contributed by atoms with Crippen molar-refractivity contribution in [3.8, 4) is 6.07 Å². The number of benzene rings is 2. The number of ether oxygens (including phenoxy) is 1. The Bertz CT molecular complexity index is 1190. The molecule has 148 valence electrons. The molecule has 1 aliphatic rings. The van der Waals surface area contributed by atoms with Crippen LogP contribution in [0.1, 0.15) is 22.7 Å². The van der Waals surface area contributed by atoms with E-state index >= 15 is 0 Å². The summed E-state index contributed by atoms with van der Waals surface area (Å²) in [6.07, 6.45) is 1.63. The molecule has 30 heavy (non-hydrogen) atoms. The van der Waals surface area contributed by atoms with Crippen LogP contribution in [0.4, 0.5) is 0 Å². The van der Waals surface area contributed by atoms with Gasteiger partial charge >= 0.3 is 0 Å². The third-order valence-electron chi connectivity index (χ3n) is 4.84. The summed E-state index contributed by atoms with van der Waals surface area (Å²) < 4.78 is 19.7. The maximum absolute atomic E-state index is 13.8. The molecule has 0 spiro atoms. The molecule has 2 unspecified atom stereocenters. The van der Waals surface area contributed by atoms with Gasteiger partial charge in [0.1, 0.15) is 17.3 Å². The van der Waals surface area contributed by atoms with Gasteiger partial charge in [0.2, 0.25) is 5.88 Å². The van der Waals surface area contributed by atoms with Crippen molar-refractivity contribution in [2.24, 2.45) is 5.73 Å². The Kier molecular flexibility index (Phi) is 5.46. The van der Waals surface area contributed by atoms with Gasteiger partial charge in [0.25, 0.3) is 0 Å². The lowest BCUT2D eigenvalue weighted by Gasteiger charge is -2.28. The van der Waals surface area contributed by atoms with E-state index in [0.29, 0.717) is 21.3 Å². The lowest BCUT2D eigenvalue weighted by molar-refractivity contribution is 0.357. The number of hydrogen-bond donors (Lipinski definition) is 1. The molecule has 0 aliphatic carbocycles. The zero-order valence-electron chi connectivity index (χ0n) is 16.3. The molecule has 3 aromatic rings. The molecular weight excluding hydrogens is 394 g/mol. The first-order valence-corrected chi connectivity index (χ1v) is 10.5. The Balaban J connectivity index is 1.99. The third kappa shape index (κ3) is 3.63. The minimum Gasteiger partial charge on any atom is -0.437 e. The van der Waals surface area contributed by atoms with Crippen LogP contribution in [0.25, 0.3) is 5.76 Å². The van der Waals surface area contributed by atoms with Crippen LogP contribution < -0.4 is 5.73 Å². The highest BCUT2D eigenvalue weighted by atomic mass is 32.2. The highest BCUT2D eigenvalue weighted by molar-refractivity contribution is 7.89. The molecule has 2 aromatic carbocycles. The number of nitriles is 1. The first kappa shape index (κ1) is 19.6. The number of hydrogen-bond acceptors (Lipinski definition) is 5. The summed E-state index contributed by atoms with van der Waals surface area (Å²) in [5, 5.41) is 9.85. The van der Waals surface area contributed by atoms with Crippen LogP contribution in [0, 0.1) is 18.3 Å². The van der Waals surface area contributed by atoms with Crippen LogP contribution in [-0.2, 0) is 15.5 Å². The van der Waals surface area contributed by atoms with E-state index in [0.717, 1.165) is 11.1 Å². The molecule has 0 amide bonds. The molecule has 2 heterocycles. The van der Waals surface area contributed by atoms with E-state index in [4.69, 9.17) is 10.5 Å². The first-order valence-electron chi connectivity index (χ1n) is 9.36. The standard InChI is InChI=1S/C24H19N3O2S/c1-16-10-12-18(13-11-16)30(28)23-21(17-7-3-2-4-8-17)19(15-25)24(26)29-22(23)20-9-5-6-14-27-20/h2-14,21H,26H2,1H3. The topological polar surface area (TPSA) is 89.0 Å². The summed E-state index contributed by atoms with van der Waals surface area (Å²) in [6.45, 7) is 1.97. The van der Waals surface area contributed by atoms with Crippen molar-refractivity contribution in [3.05, 3.63) is 112 Å². The van der Waals surface area contributed by atoms with E-state index in [2.05, 4.69) is 11.1 Å². The fourth-order valence-electron chi connectivity index (χ4n) is 3.36. The number of allylic oxidation sites excluding steroid dienone is 2. The minimum atomic E-state index is -1.60. The second kappa shape index (κ2) is 8.36. The van der Waals surface area contributed by atoms with E-state index in [9.17, 15) is 9.47 Å². The Labute approximate surface area is 177 Å². The summed E-state index contributed by atoms with van der Waals surface area (Å²) in [7, 11) is -1.60. The fourth-order valence-corrected chi connectivity index (χ4v) is 4.78. The van der Waals surface area contributed by atoms with Gasteiger partial charge in [-0.05, 0) is 36.8 Å². The predicted octanol–water partition coefficient (Wildman–Crippen LogP) is 4.37. The van der Waals surface area contributed by atoms with Gasteiger partial charge in [-0.3, -0.25) is 4.98 Å². The zero-order chi connectivity index (χ0) is 21.1. The zero-order valence-corrected chi connectivity index (χ0v) is 17.1. The number of nitrogens with zero attached hydrogens (tertiary/aromatic N) is 2. The molecule has 5 nitrogen and oxygen atoms in total. The van der Waals surface area contributed by atoms with Crippen molar-refractivity contribution >= 4 is 16.6 Å². The highest BCUT2D eigenvalue weighted by Gasteiger charge is 2.37. The summed E-state index contributed by atoms with van der Waals surface area (Å²) in [6, 6.07) is 24.4. The molecule has 4 rings (SSSR count). The number of aryl methyl sites for hydroxylation is 1. The van der Waals surface area contributed by atoms with E-state index in [-0.39, 0.29) is 11.5 Å². The SMILES string of the molecule is Cc1ccc(S(=O)C2=C(c3ccccn3)OC(N)=C(C#N)C2c2ccccc2)cc1. The Morgan fingerprint density at radius 1 is 1.03 bits per heavy atom. The highest BCUT2D eigenvalue weighted by Crippen LogP contribution is 2.44. The molecule has 0 saturated heterocycles. The lowest BCUT2D eigenvalue weighted by Crippen LogP contribution is -2.23. The van der Waals surface area contributed by atoms with Gasteiger partial charge in [0.05, 0.1) is 21.6 Å². The normalized spacial score (nSPS) is 17.3. The van der Waals surface area contributed by atoms with Gasteiger partial charge in [0, 0.05) is 11.1 Å². The second-order valence-corrected chi connectivity index (χ2v) is 8.27. The Morgan fingerprint density at radius 3 is 2.37 bits per heavy atom. The molecule has 0 radical (unpaired) electrons. The number of aromatic nitrogens is 1. The average Bonchev–Trinajstić information content (AvgIpc) is 2.79. The summed E-state index contributed by atoms with van der Waals surface area (Å²) >= 11 is 0. The third-order valence-corrected chi connectivity index (χ3v) is 6.36. The fraction of sp³-hybridized carbons (Fsp3) is 0.0833. The molecule has 2 atom stereocenters. The minimum absolute atomic E-state index is 0.00309. The Hall–Kier alpha value is -3.69. The van der Waals surface area contributed by atoms with Gasteiger partial charge in [-0.25, -0.2) is 4.21 Å². The largest absolute Gasteiger partial charge is 0.437 e. The second-order valence-electron chi connectivity index (χ2n) is 6.83. The van der Waals surface area contributed by atoms with Crippen LogP contribution in [0.3, 0.4) is 0 Å². The first-order chi connectivity index (χ1) is 14.6. The number of nitrogens with two attached hydrogens (primary N) is 1. The predicted molar refractivity (Wildman–Crippen MR) is 116 cm³/mol. The van der Waals surface area contributed by atoms with Gasteiger partial charge in [-0.1, -0.05) is 54.1 Å². The van der Waals surface area contributed by atoms with Crippen LogP contribution >= 0.6 is 0 Å². The van der Waals surface area contributed by atoms with Crippen molar-refractivity contribution in [2.45, 2.75) is 17.7 Å². The van der Waals surface area contributed by atoms with Crippen LogP contribution in [0.5, 0.6) is 0 Å². The lowest BCUT2D eigenvalue weighted by atomic mass is 9.89. The summed E-state index contributed by atoms with van der Waals surface area (Å²) in [5.74, 6) is -0.291. The number of rotatable bonds is 4. The molecule has 6 heteroatoms. The molecule has 0 saturated carbocycles. The van der Waals surface area contributed by atoms with Crippen molar-refractivity contribution in [2.75, 3.05) is 0 Å². The molecule has 0 bridgehead atoms. The monoisotopic (exact) mass is 413 g/mol. The van der Waals surface area contributed by atoms with Gasteiger partial charge < -0.3 is 10.5 Å². The van der Waals surface area contributed by atoms with E-state index in [1.54, 1.807) is 18.3 Å². The molecular formula is C24H19N3O2S. The van der Waals surface area contributed by atoms with Gasteiger partial charge in [0.15, 0.2) is 5.76 Å². The molecule has 1 aliphatic heterocycles. The van der Waals surface area contributed by atoms with Crippen molar-refractivity contribution in [3.63, 3.8) is 0 Å². The summed E-state index contributed by atoms with van der Waals surface area (Å²) in [5.41, 5.74) is 8.76. The van der Waals surface area contributed by atoms with Crippen LogP contribution in [-0.4, -0.2) is 9.19 Å². The van der Waals surface area contributed by atoms with E-state index in [1.807, 2.05) is 67.6 Å². The average molecular weight is 414 g/mol. The van der Waals surface area contributed by atoms with Crippen LogP contribution in [0.15, 0.2) is 100 Å². The molecule has 0 fully saturated rings.